The number of H-pyrrole nitrogens is 1. The molecule has 2 aromatic rings. The first-order valence-electron chi connectivity index (χ1n) is 10.6. The maximum absolute atomic E-state index is 13.5. The molecule has 0 aliphatic carbocycles. The summed E-state index contributed by atoms with van der Waals surface area (Å²) in [5, 5.41) is 27.3. The summed E-state index contributed by atoms with van der Waals surface area (Å²) in [6, 6.07) is 2.83. The van der Waals surface area contributed by atoms with E-state index in [-0.39, 0.29) is 12.5 Å². The van der Waals surface area contributed by atoms with Crippen LogP contribution in [0.3, 0.4) is 0 Å². The van der Waals surface area contributed by atoms with Crippen LogP contribution >= 0.6 is 0 Å². The van der Waals surface area contributed by atoms with Crippen molar-refractivity contribution in [1.82, 2.24) is 31.4 Å². The van der Waals surface area contributed by atoms with E-state index >= 15 is 0 Å². The number of carbonyl (C=O) groups excluding carboxylic acids is 4. The number of aromatic nitrogens is 3. The molecule has 0 fully saturated rings. The Morgan fingerprint density at radius 1 is 1.30 bits per heavy atom. The van der Waals surface area contributed by atoms with Crippen LogP contribution < -0.4 is 20.9 Å². The van der Waals surface area contributed by atoms with Crippen LogP contribution in [-0.4, -0.2) is 68.9 Å². The van der Waals surface area contributed by atoms with Crippen LogP contribution in [0.5, 0.6) is 0 Å². The summed E-state index contributed by atoms with van der Waals surface area (Å²) in [5.74, 6) is -1.89. The normalized spacial score (nSPS) is 19.9. The van der Waals surface area contributed by atoms with Gasteiger partial charge in [-0.15, -0.1) is 0 Å². The van der Waals surface area contributed by atoms with E-state index in [0.717, 1.165) is 11.1 Å². The molecule has 12 nitrogen and oxygen atoms in total. The van der Waals surface area contributed by atoms with Crippen LogP contribution in [0.4, 0.5) is 5.69 Å². The fourth-order valence-electron chi connectivity index (χ4n) is 4.29. The highest BCUT2D eigenvalue weighted by molar-refractivity contribution is 6.08. The average Bonchev–Trinajstić information content (AvgIpc) is 3.42. The van der Waals surface area contributed by atoms with Crippen molar-refractivity contribution in [1.29, 1.82) is 0 Å². The van der Waals surface area contributed by atoms with E-state index in [1.807, 2.05) is 18.2 Å². The summed E-state index contributed by atoms with van der Waals surface area (Å²) in [6.45, 7) is 0.789. The van der Waals surface area contributed by atoms with Gasteiger partial charge in [0.15, 0.2) is 0 Å². The Balaban J connectivity index is 1.55. The van der Waals surface area contributed by atoms with Crippen molar-refractivity contribution in [2.45, 2.75) is 50.9 Å². The molecule has 0 saturated heterocycles. The van der Waals surface area contributed by atoms with Crippen molar-refractivity contribution in [2.24, 2.45) is 0 Å². The second-order valence-electron chi connectivity index (χ2n) is 8.07. The number of nitrogens with zero attached hydrogens (tertiary/aromatic N) is 3. The van der Waals surface area contributed by atoms with E-state index in [4.69, 9.17) is 0 Å². The largest absolute Gasteiger partial charge is 0.394 e. The fourth-order valence-corrected chi connectivity index (χ4v) is 4.29. The van der Waals surface area contributed by atoms with Gasteiger partial charge in [-0.2, -0.15) is 15.4 Å². The fraction of sp³-hybridized carbons (Fsp3) is 0.429. The van der Waals surface area contributed by atoms with Crippen molar-refractivity contribution in [2.75, 3.05) is 11.5 Å². The van der Waals surface area contributed by atoms with Gasteiger partial charge >= 0.3 is 0 Å². The molecule has 0 radical (unpaired) electrons. The van der Waals surface area contributed by atoms with Gasteiger partial charge in [0.05, 0.1) is 25.0 Å². The lowest BCUT2D eigenvalue weighted by atomic mass is 10.0. The number of amides is 4. The Labute approximate surface area is 189 Å². The van der Waals surface area contributed by atoms with E-state index in [1.165, 1.54) is 18.0 Å². The van der Waals surface area contributed by atoms with Crippen molar-refractivity contribution in [3.05, 3.63) is 41.2 Å². The van der Waals surface area contributed by atoms with Crippen molar-refractivity contribution >= 4 is 29.3 Å². The third-order valence-corrected chi connectivity index (χ3v) is 5.81. The Kier molecular flexibility index (Phi) is 6.36. The first kappa shape index (κ1) is 22.4. The number of para-hydroxylation sites is 1. The number of hydrogen-bond donors (Lipinski definition) is 5. The molecular weight excluding hydrogens is 430 g/mol. The van der Waals surface area contributed by atoms with Gasteiger partial charge in [-0.25, -0.2) is 0 Å². The molecule has 0 saturated carbocycles. The van der Waals surface area contributed by atoms with Gasteiger partial charge in [-0.3, -0.25) is 24.1 Å². The van der Waals surface area contributed by atoms with E-state index in [2.05, 4.69) is 31.4 Å². The Bertz CT molecular complexity index is 1070. The lowest BCUT2D eigenvalue weighted by Crippen LogP contribution is -2.57. The van der Waals surface area contributed by atoms with Crippen LogP contribution in [-0.2, 0) is 38.6 Å². The second-order valence-corrected chi connectivity index (χ2v) is 8.07. The molecule has 2 aliphatic heterocycles. The SMILES string of the molecule is CC(=O)N[C@@H](CO)C(=O)N[C@H]1CCc2cccc3c2N(C1=O)[C@H](C(=O)NCc1cn[nH]n1)C3. The molecule has 12 heteroatoms. The molecule has 1 aromatic carbocycles. The molecule has 4 amide bonds. The number of carbonyl (C=O) groups is 4. The Morgan fingerprint density at radius 2 is 2.09 bits per heavy atom. The lowest BCUT2D eigenvalue weighted by Gasteiger charge is -2.28. The van der Waals surface area contributed by atoms with Crippen LogP contribution in [0, 0.1) is 0 Å². The molecule has 4 rings (SSSR count). The second kappa shape index (κ2) is 9.36. The smallest absolute Gasteiger partial charge is 0.250 e. The summed E-state index contributed by atoms with van der Waals surface area (Å²) in [5.41, 5.74) is 3.08. The van der Waals surface area contributed by atoms with E-state index in [9.17, 15) is 24.3 Å². The first-order valence-corrected chi connectivity index (χ1v) is 10.6. The quantitative estimate of drug-likeness (QED) is 0.332. The minimum atomic E-state index is -1.17. The van der Waals surface area contributed by atoms with E-state index in [1.54, 1.807) is 0 Å². The number of aromatic amines is 1. The van der Waals surface area contributed by atoms with Crippen LogP contribution in [0.25, 0.3) is 0 Å². The van der Waals surface area contributed by atoms with Gasteiger partial charge in [0, 0.05) is 13.3 Å². The topological polar surface area (TPSA) is 169 Å². The molecule has 5 N–H and O–H groups in total. The Morgan fingerprint density at radius 3 is 2.79 bits per heavy atom. The van der Waals surface area contributed by atoms with Gasteiger partial charge in [0.1, 0.15) is 23.8 Å². The summed E-state index contributed by atoms with van der Waals surface area (Å²) in [4.78, 5) is 52.0. The molecular formula is C21H25N7O5. The number of rotatable bonds is 7. The van der Waals surface area contributed by atoms with Gasteiger partial charge in [-0.05, 0) is 24.0 Å². The van der Waals surface area contributed by atoms with Gasteiger partial charge in [-0.1, -0.05) is 18.2 Å². The lowest BCUT2D eigenvalue weighted by molar-refractivity contribution is -0.132. The number of aliphatic hydroxyl groups is 1. The highest BCUT2D eigenvalue weighted by atomic mass is 16.3. The Hall–Kier alpha value is -3.80. The van der Waals surface area contributed by atoms with Gasteiger partial charge in [0.2, 0.25) is 23.6 Å². The molecule has 0 spiro atoms. The predicted molar refractivity (Wildman–Crippen MR) is 115 cm³/mol. The van der Waals surface area contributed by atoms with Crippen molar-refractivity contribution in [3.8, 4) is 0 Å². The minimum Gasteiger partial charge on any atom is -0.394 e. The van der Waals surface area contributed by atoms with Crippen molar-refractivity contribution in [3.63, 3.8) is 0 Å². The zero-order valence-electron chi connectivity index (χ0n) is 18.0. The highest BCUT2D eigenvalue weighted by Crippen LogP contribution is 2.39. The third-order valence-electron chi connectivity index (χ3n) is 5.81. The molecule has 1 aromatic heterocycles. The summed E-state index contributed by atoms with van der Waals surface area (Å²) in [6.07, 6.45) is 2.69. The zero-order valence-corrected chi connectivity index (χ0v) is 18.0. The van der Waals surface area contributed by atoms with Gasteiger partial charge in [0.25, 0.3) is 0 Å². The maximum atomic E-state index is 13.5. The maximum Gasteiger partial charge on any atom is 0.250 e. The predicted octanol–water partition coefficient (Wildman–Crippen LogP) is -1.69. The van der Waals surface area contributed by atoms with Crippen molar-refractivity contribution < 1.29 is 24.3 Å². The van der Waals surface area contributed by atoms with Gasteiger partial charge < -0.3 is 21.1 Å². The minimum absolute atomic E-state index is 0.159. The highest BCUT2D eigenvalue weighted by Gasteiger charge is 2.44. The summed E-state index contributed by atoms with van der Waals surface area (Å²) >= 11 is 0. The zero-order chi connectivity index (χ0) is 23.5. The van der Waals surface area contributed by atoms with E-state index in [0.29, 0.717) is 30.6 Å². The number of anilines is 1. The number of hydrogen-bond acceptors (Lipinski definition) is 7. The first-order chi connectivity index (χ1) is 15.9. The third kappa shape index (κ3) is 4.55. The molecule has 0 bridgehead atoms. The molecule has 174 valence electrons. The molecule has 3 atom stereocenters. The summed E-state index contributed by atoms with van der Waals surface area (Å²) in [7, 11) is 0. The van der Waals surface area contributed by atoms with Crippen LogP contribution in [0.1, 0.15) is 30.2 Å². The van der Waals surface area contributed by atoms with Crippen LogP contribution in [0.2, 0.25) is 0 Å². The molecule has 33 heavy (non-hydrogen) atoms. The summed E-state index contributed by atoms with van der Waals surface area (Å²) < 4.78 is 0. The number of aryl methyl sites for hydroxylation is 1. The molecule has 0 unspecified atom stereocenters. The monoisotopic (exact) mass is 455 g/mol. The molecule has 2 aliphatic rings. The number of nitrogens with one attached hydrogen (secondary N) is 4. The standard InChI is InChI=1S/C21H25N7O5/c1-11(30)24-16(10-29)19(31)25-15-6-5-12-3-2-4-13-7-17(28(18(12)13)21(15)33)20(32)22-8-14-9-23-27-26-14/h2-4,9,15-17,29H,5-8,10H2,1H3,(H,22,32)(H,24,30)(H,25,31)(H,23,26,27)/t15-,16-,17-/m0/s1. The molecule has 3 heterocycles. The number of benzene rings is 1. The van der Waals surface area contributed by atoms with Crippen LogP contribution in [0.15, 0.2) is 24.4 Å². The number of aliphatic hydroxyl groups excluding tert-OH is 1. The average molecular weight is 455 g/mol. The van der Waals surface area contributed by atoms with E-state index < -0.39 is 42.5 Å².